The number of Topliss-reactive ketones (excluding diaryl/α,β-unsaturated/α-hetero) is 1. The zero-order valence-electron chi connectivity index (χ0n) is 21.4. The summed E-state index contributed by atoms with van der Waals surface area (Å²) >= 11 is 0. The molecule has 7 heteroatoms. The van der Waals surface area contributed by atoms with Gasteiger partial charge in [0.25, 0.3) is 0 Å². The predicted molar refractivity (Wildman–Crippen MR) is 123 cm³/mol. The number of rotatable bonds is 4. The van der Waals surface area contributed by atoms with Crippen LogP contribution in [0.3, 0.4) is 0 Å². The molecule has 34 heavy (non-hydrogen) atoms. The number of hydrogen-bond donors (Lipinski definition) is 0. The van der Waals surface area contributed by atoms with Gasteiger partial charge in [0.15, 0.2) is 0 Å². The van der Waals surface area contributed by atoms with Gasteiger partial charge in [-0.25, -0.2) is 0 Å². The van der Waals surface area contributed by atoms with E-state index < -0.39 is 11.5 Å². The van der Waals surface area contributed by atoms with Crippen molar-refractivity contribution in [2.75, 3.05) is 0 Å². The normalized spacial score (nSPS) is 45.2. The van der Waals surface area contributed by atoms with Crippen molar-refractivity contribution >= 4 is 23.7 Å². The van der Waals surface area contributed by atoms with E-state index in [9.17, 15) is 19.2 Å². The minimum absolute atomic E-state index is 0.0222. The molecule has 0 aliphatic heterocycles. The first kappa shape index (κ1) is 25.2. The molecule has 0 aromatic carbocycles. The van der Waals surface area contributed by atoms with Gasteiger partial charge in [-0.3, -0.25) is 19.2 Å². The highest BCUT2D eigenvalue weighted by molar-refractivity contribution is 5.80. The second kappa shape index (κ2) is 8.94. The van der Waals surface area contributed by atoms with Gasteiger partial charge < -0.3 is 14.2 Å². The quantitative estimate of drug-likeness (QED) is 0.442. The van der Waals surface area contributed by atoms with Crippen LogP contribution in [0.4, 0.5) is 0 Å². The first-order chi connectivity index (χ1) is 15.9. The van der Waals surface area contributed by atoms with Crippen LogP contribution in [0.1, 0.15) is 86.5 Å². The molecule has 0 bridgehead atoms. The molecule has 190 valence electrons. The summed E-state index contributed by atoms with van der Waals surface area (Å²) in [6.07, 6.45) is 5.08. The number of esters is 3. The molecule has 0 amide bonds. The van der Waals surface area contributed by atoms with Gasteiger partial charge in [0.2, 0.25) is 0 Å². The van der Waals surface area contributed by atoms with Gasteiger partial charge in [-0.1, -0.05) is 13.8 Å². The summed E-state index contributed by atoms with van der Waals surface area (Å²) in [6.45, 7) is 10.4. The van der Waals surface area contributed by atoms with E-state index in [1.807, 2.05) is 0 Å². The number of carbonyl (C=O) groups excluding carboxylic acids is 4. The van der Waals surface area contributed by atoms with E-state index in [0.717, 1.165) is 38.5 Å². The van der Waals surface area contributed by atoms with Crippen molar-refractivity contribution in [1.29, 1.82) is 0 Å². The average Bonchev–Trinajstić information content (AvgIpc) is 3.01. The first-order valence-electron chi connectivity index (χ1n) is 12.9. The summed E-state index contributed by atoms with van der Waals surface area (Å²) in [4.78, 5) is 48.6. The molecule has 0 unspecified atom stereocenters. The average molecular weight is 477 g/mol. The third-order valence-electron chi connectivity index (χ3n) is 10.1. The van der Waals surface area contributed by atoms with E-state index in [0.29, 0.717) is 12.3 Å². The summed E-state index contributed by atoms with van der Waals surface area (Å²) in [5.74, 6) is -0.160. The van der Waals surface area contributed by atoms with Crippen LogP contribution < -0.4 is 0 Å². The fourth-order valence-electron chi connectivity index (χ4n) is 8.86. The lowest BCUT2D eigenvalue weighted by atomic mass is 9.43. The van der Waals surface area contributed by atoms with Crippen LogP contribution in [0.25, 0.3) is 0 Å². The lowest BCUT2D eigenvalue weighted by Crippen LogP contribution is -2.61. The molecule has 0 heterocycles. The van der Waals surface area contributed by atoms with Gasteiger partial charge in [-0.2, -0.15) is 0 Å². The number of carbonyl (C=O) groups is 4. The molecule has 0 aromatic heterocycles. The Kier molecular flexibility index (Phi) is 6.62. The molecule has 0 saturated heterocycles. The van der Waals surface area contributed by atoms with Crippen molar-refractivity contribution in [2.24, 2.45) is 40.4 Å². The molecule has 4 aliphatic carbocycles. The predicted octanol–water partition coefficient (Wildman–Crippen LogP) is 4.25. The molecule has 7 nitrogen and oxygen atoms in total. The zero-order valence-corrected chi connectivity index (χ0v) is 21.4. The van der Waals surface area contributed by atoms with E-state index in [-0.39, 0.29) is 65.0 Å². The van der Waals surface area contributed by atoms with Crippen molar-refractivity contribution in [3.8, 4) is 0 Å². The molecule has 4 saturated carbocycles. The van der Waals surface area contributed by atoms with Gasteiger partial charge in [0, 0.05) is 38.0 Å². The van der Waals surface area contributed by atoms with Crippen LogP contribution in [0.15, 0.2) is 0 Å². The number of ketones is 1. The second-order valence-corrected chi connectivity index (χ2v) is 11.8. The largest absolute Gasteiger partial charge is 0.463 e. The summed E-state index contributed by atoms with van der Waals surface area (Å²) in [7, 11) is 0. The van der Waals surface area contributed by atoms with Gasteiger partial charge >= 0.3 is 17.9 Å². The minimum Gasteiger partial charge on any atom is -0.463 e. The smallest absolute Gasteiger partial charge is 0.302 e. The zero-order chi connectivity index (χ0) is 25.0. The third kappa shape index (κ3) is 4.07. The van der Waals surface area contributed by atoms with Crippen molar-refractivity contribution in [2.45, 2.75) is 105 Å². The van der Waals surface area contributed by atoms with Gasteiger partial charge in [0.1, 0.15) is 24.1 Å². The van der Waals surface area contributed by atoms with Gasteiger partial charge in [-0.15, -0.1) is 0 Å². The van der Waals surface area contributed by atoms with Crippen molar-refractivity contribution in [3.05, 3.63) is 0 Å². The first-order valence-corrected chi connectivity index (χ1v) is 12.9. The maximum atomic E-state index is 12.8. The Morgan fingerprint density at radius 1 is 0.765 bits per heavy atom. The summed E-state index contributed by atoms with van der Waals surface area (Å²) in [5, 5.41) is 0. The van der Waals surface area contributed by atoms with E-state index in [1.54, 1.807) is 6.92 Å². The summed E-state index contributed by atoms with van der Waals surface area (Å²) in [6, 6.07) is 0. The maximum Gasteiger partial charge on any atom is 0.302 e. The fraction of sp³-hybridized carbons (Fsp3) is 0.852. The van der Waals surface area contributed by atoms with E-state index >= 15 is 0 Å². The molecular weight excluding hydrogens is 436 g/mol. The monoisotopic (exact) mass is 476 g/mol. The fourth-order valence-corrected chi connectivity index (χ4v) is 8.86. The summed E-state index contributed by atoms with van der Waals surface area (Å²) < 4.78 is 17.4. The number of fused-ring (bicyclic) bond motifs is 5. The van der Waals surface area contributed by atoms with Crippen LogP contribution in [0.5, 0.6) is 0 Å². The third-order valence-corrected chi connectivity index (χ3v) is 10.1. The molecular formula is C27H40O7. The number of ether oxygens (including phenoxy) is 3. The van der Waals surface area contributed by atoms with Gasteiger partial charge in [0.05, 0.1) is 0 Å². The van der Waals surface area contributed by atoms with E-state index in [1.165, 1.54) is 20.8 Å². The summed E-state index contributed by atoms with van der Waals surface area (Å²) in [5.41, 5.74) is -0.536. The Bertz CT molecular complexity index is 867. The highest BCUT2D eigenvalue weighted by Crippen LogP contribution is 2.68. The van der Waals surface area contributed by atoms with Crippen LogP contribution >= 0.6 is 0 Å². The highest BCUT2D eigenvalue weighted by atomic mass is 16.6. The Hall–Kier alpha value is -1.92. The molecule has 4 aliphatic rings. The molecule has 0 spiro atoms. The molecule has 4 fully saturated rings. The maximum absolute atomic E-state index is 12.8. The van der Waals surface area contributed by atoms with Crippen molar-refractivity contribution < 1.29 is 33.4 Å². The van der Waals surface area contributed by atoms with Crippen LogP contribution in [-0.4, -0.2) is 42.0 Å². The molecule has 4 rings (SSSR count). The van der Waals surface area contributed by atoms with E-state index in [2.05, 4.69) is 13.8 Å². The topological polar surface area (TPSA) is 96.0 Å². The van der Waals surface area contributed by atoms with Gasteiger partial charge in [-0.05, 0) is 75.0 Å². The lowest BCUT2D eigenvalue weighted by Gasteiger charge is -2.62. The second-order valence-electron chi connectivity index (χ2n) is 11.8. The Morgan fingerprint density at radius 2 is 1.41 bits per heavy atom. The highest BCUT2D eigenvalue weighted by Gasteiger charge is 2.68. The van der Waals surface area contributed by atoms with E-state index in [4.69, 9.17) is 14.2 Å². The van der Waals surface area contributed by atoms with Crippen molar-refractivity contribution in [1.82, 2.24) is 0 Å². The Balaban J connectivity index is 1.72. The molecule has 0 aromatic rings. The van der Waals surface area contributed by atoms with Crippen molar-refractivity contribution in [3.63, 3.8) is 0 Å². The minimum atomic E-state index is -0.559. The Labute approximate surface area is 202 Å². The number of hydrogen-bond acceptors (Lipinski definition) is 7. The molecule has 10 atom stereocenters. The lowest BCUT2D eigenvalue weighted by molar-refractivity contribution is -0.205. The van der Waals surface area contributed by atoms with Crippen LogP contribution in [-0.2, 0) is 33.4 Å². The SMILES string of the molecule is CC(=O)O[C@@H]1CC[C@@]2(C)[C@@H](CC[C@H]3[C@@H]4[C@@H](OC(C)=O)C[C@@H](C(C)=O)[C@@]4(C)[C@@H](OC(C)=O)C[C@H]32)C1. The standard InChI is InChI=1S/C27H40O7/c1-14(28)21-12-23(33-16(3)30)25-20-8-7-18-11-19(32-15(2)29)9-10-26(18,5)22(20)13-24(27(21,25)6)34-17(4)31/h18-25H,7-13H2,1-6H3/t18-,19+,20+,21-,22+,23-,24-,25+,26-,27-/m0/s1. The van der Waals surface area contributed by atoms with Crippen LogP contribution in [0, 0.1) is 40.4 Å². The molecule has 0 N–H and O–H groups in total. The molecule has 0 radical (unpaired) electrons. The Morgan fingerprint density at radius 3 is 2.00 bits per heavy atom. The van der Waals surface area contributed by atoms with Crippen LogP contribution in [0.2, 0.25) is 0 Å².